The minimum atomic E-state index is -0.482. The molecule has 0 heterocycles. The van der Waals surface area contributed by atoms with E-state index in [-0.39, 0.29) is 5.16 Å². The van der Waals surface area contributed by atoms with Gasteiger partial charge in [0, 0.05) is 10.7 Å². The number of rotatable bonds is 6. The van der Waals surface area contributed by atoms with Gasteiger partial charge >= 0.3 is 0 Å². The molecule has 0 spiro atoms. The summed E-state index contributed by atoms with van der Waals surface area (Å²) >= 11 is 0. The van der Waals surface area contributed by atoms with Gasteiger partial charge in [-0.05, 0) is 50.0 Å². The zero-order chi connectivity index (χ0) is 17.9. The molecule has 0 bridgehead atoms. The number of para-hydroxylation sites is 1. The molecule has 0 fully saturated rings. The Bertz CT molecular complexity index is 703. The van der Waals surface area contributed by atoms with Crippen molar-refractivity contribution in [1.29, 1.82) is 0 Å². The molecule has 0 saturated carbocycles. The van der Waals surface area contributed by atoms with Crippen molar-refractivity contribution >= 4 is 13.9 Å². The zero-order valence-electron chi connectivity index (χ0n) is 15.4. The summed E-state index contributed by atoms with van der Waals surface area (Å²) in [5, 5.41) is 21.9. The lowest BCUT2D eigenvalue weighted by atomic mass is 9.90. The summed E-state index contributed by atoms with van der Waals surface area (Å²) in [5.74, 6) is 0.416. The van der Waals surface area contributed by atoms with E-state index in [4.69, 9.17) is 0 Å². The highest BCUT2D eigenvalue weighted by atomic mass is 31.1. The smallest absolute Gasteiger partial charge is 0.122 e. The van der Waals surface area contributed by atoms with Gasteiger partial charge in [-0.1, -0.05) is 64.4 Å². The third-order valence-electron chi connectivity index (χ3n) is 4.99. The van der Waals surface area contributed by atoms with Crippen LogP contribution in [-0.2, 0) is 5.16 Å². The highest BCUT2D eigenvalue weighted by Gasteiger charge is 2.32. The Hall–Kier alpha value is -1.37. The van der Waals surface area contributed by atoms with Gasteiger partial charge in [-0.15, -0.1) is 0 Å². The predicted molar refractivity (Wildman–Crippen MR) is 105 cm³/mol. The number of aryl methyl sites for hydroxylation is 2. The lowest BCUT2D eigenvalue weighted by Crippen LogP contribution is -2.24. The first-order valence-electron chi connectivity index (χ1n) is 8.70. The molecule has 24 heavy (non-hydrogen) atoms. The van der Waals surface area contributed by atoms with Gasteiger partial charge in [0.25, 0.3) is 0 Å². The van der Waals surface area contributed by atoms with Gasteiger partial charge in [0.1, 0.15) is 5.75 Å². The molecule has 2 N–H and O–H groups in total. The fourth-order valence-corrected chi connectivity index (χ4v) is 5.12. The van der Waals surface area contributed by atoms with E-state index in [1.165, 1.54) is 5.30 Å². The number of aliphatic hydroxyl groups excluding tert-OH is 1. The summed E-state index contributed by atoms with van der Waals surface area (Å²) < 4.78 is 0. The molecular formula is C21H29O2P. The summed E-state index contributed by atoms with van der Waals surface area (Å²) in [4.78, 5) is 0. The molecule has 0 saturated heterocycles. The standard InChI is InChI=1S/C21H29O2P/c1-6-21(7-2,18-10-8-9-15(4)20(18)23)24-19-12-11-14(3)13-17(19)16(5)22/h8-13,16,22-24H,6-7H2,1-5H3. The first-order chi connectivity index (χ1) is 11.3. The fraction of sp³-hybridized carbons (Fsp3) is 0.429. The molecule has 0 amide bonds. The van der Waals surface area contributed by atoms with Crippen LogP contribution in [0.2, 0.25) is 0 Å². The second-order valence-corrected chi connectivity index (χ2v) is 8.40. The van der Waals surface area contributed by atoms with Gasteiger partial charge in [-0.3, -0.25) is 0 Å². The summed E-state index contributed by atoms with van der Waals surface area (Å²) in [6.45, 7) is 10.2. The van der Waals surface area contributed by atoms with Crippen LogP contribution in [0.3, 0.4) is 0 Å². The van der Waals surface area contributed by atoms with Crippen molar-refractivity contribution in [3.05, 3.63) is 58.7 Å². The molecule has 2 unspecified atom stereocenters. The van der Waals surface area contributed by atoms with Crippen LogP contribution in [-0.4, -0.2) is 10.2 Å². The highest BCUT2D eigenvalue weighted by molar-refractivity contribution is 7.48. The van der Waals surface area contributed by atoms with Crippen LogP contribution in [0.25, 0.3) is 0 Å². The first kappa shape index (κ1) is 19.0. The molecule has 2 aromatic rings. The number of benzene rings is 2. The predicted octanol–water partition coefficient (Wildman–Crippen LogP) is 5.08. The molecule has 2 nitrogen and oxygen atoms in total. The topological polar surface area (TPSA) is 40.5 Å². The van der Waals surface area contributed by atoms with Crippen LogP contribution in [0, 0.1) is 13.8 Å². The van der Waals surface area contributed by atoms with Gasteiger partial charge in [-0.25, -0.2) is 0 Å². The summed E-state index contributed by atoms with van der Waals surface area (Å²) in [7, 11) is 0.504. The zero-order valence-corrected chi connectivity index (χ0v) is 16.4. The van der Waals surface area contributed by atoms with E-state index in [0.29, 0.717) is 14.3 Å². The Morgan fingerprint density at radius 3 is 2.33 bits per heavy atom. The van der Waals surface area contributed by atoms with Gasteiger partial charge in [0.05, 0.1) is 6.10 Å². The van der Waals surface area contributed by atoms with E-state index in [9.17, 15) is 10.2 Å². The molecule has 0 aromatic heterocycles. The van der Waals surface area contributed by atoms with Crippen LogP contribution in [0.15, 0.2) is 36.4 Å². The molecule has 0 aliphatic carbocycles. The van der Waals surface area contributed by atoms with Crippen LogP contribution >= 0.6 is 8.58 Å². The second-order valence-electron chi connectivity index (χ2n) is 6.65. The highest BCUT2D eigenvalue weighted by Crippen LogP contribution is 2.50. The molecule has 130 valence electrons. The molecule has 0 radical (unpaired) electrons. The van der Waals surface area contributed by atoms with Crippen molar-refractivity contribution in [2.75, 3.05) is 0 Å². The Labute approximate surface area is 147 Å². The van der Waals surface area contributed by atoms with E-state index in [0.717, 1.165) is 35.1 Å². The van der Waals surface area contributed by atoms with Crippen molar-refractivity contribution < 1.29 is 10.2 Å². The van der Waals surface area contributed by atoms with Gasteiger partial charge < -0.3 is 10.2 Å². The van der Waals surface area contributed by atoms with Crippen molar-refractivity contribution in [2.24, 2.45) is 0 Å². The van der Waals surface area contributed by atoms with Gasteiger partial charge in [0.15, 0.2) is 0 Å². The normalized spacial score (nSPS) is 13.6. The lowest BCUT2D eigenvalue weighted by molar-refractivity contribution is 0.200. The van der Waals surface area contributed by atoms with Crippen LogP contribution in [0.1, 0.15) is 62.0 Å². The first-order valence-corrected chi connectivity index (χ1v) is 9.70. The summed E-state index contributed by atoms with van der Waals surface area (Å²) in [6.07, 6.45) is 1.42. The van der Waals surface area contributed by atoms with Gasteiger partial charge in [-0.2, -0.15) is 0 Å². The summed E-state index contributed by atoms with van der Waals surface area (Å²) in [5.41, 5.74) is 4.12. The summed E-state index contributed by atoms with van der Waals surface area (Å²) in [6, 6.07) is 12.4. The fourth-order valence-electron chi connectivity index (χ4n) is 3.32. The number of phenolic OH excluding ortho intramolecular Hbond substituents is 1. The molecule has 2 atom stereocenters. The molecule has 0 aliphatic rings. The minimum absolute atomic E-state index is 0.102. The Balaban J connectivity index is 2.55. The second kappa shape index (κ2) is 7.68. The van der Waals surface area contributed by atoms with Crippen LogP contribution in [0.5, 0.6) is 5.75 Å². The van der Waals surface area contributed by atoms with Crippen molar-refractivity contribution in [3.63, 3.8) is 0 Å². The third kappa shape index (κ3) is 3.66. The maximum absolute atomic E-state index is 10.7. The average Bonchev–Trinajstić information content (AvgIpc) is 2.56. The van der Waals surface area contributed by atoms with E-state index in [1.807, 2.05) is 26.0 Å². The third-order valence-corrected chi connectivity index (χ3v) is 7.17. The van der Waals surface area contributed by atoms with Crippen LogP contribution < -0.4 is 5.30 Å². The molecular weight excluding hydrogens is 315 g/mol. The van der Waals surface area contributed by atoms with E-state index >= 15 is 0 Å². The maximum Gasteiger partial charge on any atom is 0.122 e. The average molecular weight is 344 g/mol. The van der Waals surface area contributed by atoms with Crippen molar-refractivity contribution in [1.82, 2.24) is 0 Å². The van der Waals surface area contributed by atoms with Gasteiger partial charge in [0.2, 0.25) is 0 Å². The van der Waals surface area contributed by atoms with E-state index < -0.39 is 6.10 Å². The van der Waals surface area contributed by atoms with Crippen molar-refractivity contribution in [3.8, 4) is 5.75 Å². The molecule has 3 heteroatoms. The van der Waals surface area contributed by atoms with E-state index in [2.05, 4.69) is 45.0 Å². The maximum atomic E-state index is 10.7. The Kier molecular flexibility index (Phi) is 6.06. The number of hydrogen-bond donors (Lipinski definition) is 2. The Morgan fingerprint density at radius 1 is 1.08 bits per heavy atom. The quantitative estimate of drug-likeness (QED) is 0.717. The SMILES string of the molecule is CCC(CC)(Pc1ccc(C)cc1C(C)O)c1cccc(C)c1O. The minimum Gasteiger partial charge on any atom is -0.507 e. The van der Waals surface area contributed by atoms with E-state index in [1.54, 1.807) is 0 Å². The molecule has 2 rings (SSSR count). The molecule has 2 aromatic carbocycles. The number of hydrogen-bond acceptors (Lipinski definition) is 2. The monoisotopic (exact) mass is 344 g/mol. The largest absolute Gasteiger partial charge is 0.507 e. The Morgan fingerprint density at radius 2 is 1.75 bits per heavy atom. The lowest BCUT2D eigenvalue weighted by Gasteiger charge is -2.34. The van der Waals surface area contributed by atoms with Crippen molar-refractivity contribution in [2.45, 2.75) is 58.7 Å². The number of aliphatic hydroxyl groups is 1. The number of phenols is 1. The molecule has 0 aliphatic heterocycles. The van der Waals surface area contributed by atoms with Crippen LogP contribution in [0.4, 0.5) is 0 Å². The number of aromatic hydroxyl groups is 1.